The maximum atomic E-state index is 12.0. The zero-order chi connectivity index (χ0) is 15.3. The summed E-state index contributed by atoms with van der Waals surface area (Å²) in [6, 6.07) is 14.2. The van der Waals surface area contributed by atoms with Crippen LogP contribution in [0.1, 0.15) is 5.56 Å². The van der Waals surface area contributed by atoms with E-state index in [1.165, 1.54) is 0 Å². The summed E-state index contributed by atoms with van der Waals surface area (Å²) in [6.07, 6.45) is 0. The summed E-state index contributed by atoms with van der Waals surface area (Å²) in [5.74, 6) is 0.346. The van der Waals surface area contributed by atoms with Gasteiger partial charge in [-0.05, 0) is 30.7 Å². The zero-order valence-corrected chi connectivity index (χ0v) is 12.6. The topological polar surface area (TPSA) is 81.4 Å². The monoisotopic (exact) mass is 306 g/mol. The average Bonchev–Trinajstić information content (AvgIpc) is 2.43. The summed E-state index contributed by atoms with van der Waals surface area (Å²) in [4.78, 5) is 0. The Morgan fingerprint density at radius 3 is 2.48 bits per heavy atom. The molecular weight excluding hydrogens is 288 g/mol. The molecule has 6 heteroatoms. The van der Waals surface area contributed by atoms with Crippen LogP contribution in [0, 0.1) is 6.92 Å². The van der Waals surface area contributed by atoms with Gasteiger partial charge in [0.15, 0.2) is 0 Å². The number of para-hydroxylation sites is 3. The molecule has 0 heterocycles. The van der Waals surface area contributed by atoms with Crippen LogP contribution in [0.3, 0.4) is 0 Å². The molecule has 0 spiro atoms. The number of ether oxygens (including phenoxy) is 1. The van der Waals surface area contributed by atoms with Crippen molar-refractivity contribution in [2.75, 3.05) is 22.8 Å². The van der Waals surface area contributed by atoms with Crippen LogP contribution in [-0.4, -0.2) is 20.8 Å². The van der Waals surface area contributed by atoms with E-state index in [0.717, 1.165) is 5.56 Å². The minimum Gasteiger partial charge on any atom is -0.490 e. The number of hydrogen-bond donors (Lipinski definition) is 2. The molecule has 0 amide bonds. The van der Waals surface area contributed by atoms with Gasteiger partial charge in [-0.1, -0.05) is 30.3 Å². The third kappa shape index (κ3) is 4.39. The lowest BCUT2D eigenvalue weighted by atomic mass is 10.2. The molecule has 112 valence electrons. The maximum absolute atomic E-state index is 12.0. The number of nitrogens with two attached hydrogens (primary N) is 1. The van der Waals surface area contributed by atoms with Crippen molar-refractivity contribution < 1.29 is 13.2 Å². The quantitative estimate of drug-likeness (QED) is 0.803. The highest BCUT2D eigenvalue weighted by atomic mass is 32.2. The molecule has 0 aliphatic heterocycles. The fourth-order valence-electron chi connectivity index (χ4n) is 1.78. The highest BCUT2D eigenvalue weighted by Crippen LogP contribution is 2.20. The van der Waals surface area contributed by atoms with E-state index in [1.807, 2.05) is 19.1 Å². The first-order valence-electron chi connectivity index (χ1n) is 6.51. The molecule has 0 saturated carbocycles. The lowest BCUT2D eigenvalue weighted by Crippen LogP contribution is -2.21. The number of nitrogen functional groups attached to an aromatic ring is 1. The van der Waals surface area contributed by atoms with Crippen molar-refractivity contribution in [3.05, 3.63) is 54.1 Å². The Bertz CT molecular complexity index is 714. The van der Waals surface area contributed by atoms with Crippen molar-refractivity contribution in [1.29, 1.82) is 0 Å². The van der Waals surface area contributed by atoms with Crippen LogP contribution in [0.2, 0.25) is 0 Å². The molecule has 2 aromatic rings. The third-order valence-corrected chi connectivity index (χ3v) is 4.17. The molecule has 0 aliphatic carbocycles. The van der Waals surface area contributed by atoms with Gasteiger partial charge in [0.2, 0.25) is 10.0 Å². The fourth-order valence-corrected chi connectivity index (χ4v) is 2.75. The molecule has 3 N–H and O–H groups in total. The van der Waals surface area contributed by atoms with Gasteiger partial charge in [0.05, 0.1) is 11.4 Å². The van der Waals surface area contributed by atoms with Crippen LogP contribution in [-0.2, 0) is 10.0 Å². The maximum Gasteiger partial charge on any atom is 0.236 e. The predicted molar refractivity (Wildman–Crippen MR) is 84.9 cm³/mol. The number of sulfonamides is 1. The second kappa shape index (κ2) is 6.49. The molecule has 0 fully saturated rings. The Morgan fingerprint density at radius 2 is 1.76 bits per heavy atom. The molecule has 0 saturated heterocycles. The molecule has 2 aromatic carbocycles. The molecule has 0 aromatic heterocycles. The molecule has 0 bridgehead atoms. The van der Waals surface area contributed by atoms with Gasteiger partial charge in [0.1, 0.15) is 18.1 Å². The van der Waals surface area contributed by atoms with Crippen LogP contribution in [0.15, 0.2) is 48.5 Å². The lowest BCUT2D eigenvalue weighted by Gasteiger charge is -2.11. The van der Waals surface area contributed by atoms with E-state index in [0.29, 0.717) is 17.1 Å². The number of hydrogen-bond acceptors (Lipinski definition) is 4. The first-order chi connectivity index (χ1) is 9.98. The van der Waals surface area contributed by atoms with E-state index in [4.69, 9.17) is 10.5 Å². The Hall–Kier alpha value is -2.21. The van der Waals surface area contributed by atoms with Crippen molar-refractivity contribution in [3.8, 4) is 5.75 Å². The van der Waals surface area contributed by atoms with Gasteiger partial charge in [-0.25, -0.2) is 8.42 Å². The minimum absolute atomic E-state index is 0.0371. The minimum atomic E-state index is -3.46. The van der Waals surface area contributed by atoms with Crippen molar-refractivity contribution >= 4 is 21.4 Å². The number of aryl methyl sites for hydroxylation is 1. The third-order valence-electron chi connectivity index (χ3n) is 2.94. The van der Waals surface area contributed by atoms with Gasteiger partial charge in [0, 0.05) is 0 Å². The van der Waals surface area contributed by atoms with Crippen LogP contribution in [0.4, 0.5) is 11.4 Å². The van der Waals surface area contributed by atoms with Crippen LogP contribution < -0.4 is 15.2 Å². The van der Waals surface area contributed by atoms with E-state index in [1.54, 1.807) is 36.4 Å². The summed E-state index contributed by atoms with van der Waals surface area (Å²) in [6.45, 7) is 1.88. The smallest absolute Gasteiger partial charge is 0.236 e. The largest absolute Gasteiger partial charge is 0.490 e. The Kier molecular flexibility index (Phi) is 4.70. The molecular formula is C15H18N2O3S. The van der Waals surface area contributed by atoms with Gasteiger partial charge in [-0.3, -0.25) is 4.72 Å². The van der Waals surface area contributed by atoms with E-state index in [9.17, 15) is 8.42 Å². The van der Waals surface area contributed by atoms with Gasteiger partial charge in [-0.15, -0.1) is 0 Å². The number of rotatable bonds is 6. The summed E-state index contributed by atoms with van der Waals surface area (Å²) < 4.78 is 32.0. The molecule has 0 unspecified atom stereocenters. The van der Waals surface area contributed by atoms with Gasteiger partial charge in [0.25, 0.3) is 0 Å². The van der Waals surface area contributed by atoms with Crippen molar-refractivity contribution in [2.24, 2.45) is 0 Å². The number of nitrogens with one attached hydrogen (secondary N) is 1. The Morgan fingerprint density at radius 1 is 1.10 bits per heavy atom. The van der Waals surface area contributed by atoms with Gasteiger partial charge >= 0.3 is 0 Å². The van der Waals surface area contributed by atoms with Crippen molar-refractivity contribution in [1.82, 2.24) is 0 Å². The van der Waals surface area contributed by atoms with E-state index < -0.39 is 10.0 Å². The number of benzene rings is 2. The van der Waals surface area contributed by atoms with E-state index in [-0.39, 0.29) is 12.4 Å². The average molecular weight is 306 g/mol. The summed E-state index contributed by atoms with van der Waals surface area (Å²) in [5.41, 5.74) is 7.66. The Labute approximate surface area is 124 Å². The lowest BCUT2D eigenvalue weighted by molar-refractivity contribution is 0.343. The molecule has 2 rings (SSSR count). The predicted octanol–water partition coefficient (Wildman–Crippen LogP) is 2.40. The highest BCUT2D eigenvalue weighted by molar-refractivity contribution is 7.92. The molecule has 0 aliphatic rings. The van der Waals surface area contributed by atoms with Crippen molar-refractivity contribution in [2.45, 2.75) is 6.92 Å². The zero-order valence-electron chi connectivity index (χ0n) is 11.7. The second-order valence-corrected chi connectivity index (χ2v) is 6.46. The Balaban J connectivity index is 1.93. The SMILES string of the molecule is Cc1ccccc1NS(=O)(=O)CCOc1ccccc1N. The fraction of sp³-hybridized carbons (Fsp3) is 0.200. The van der Waals surface area contributed by atoms with Crippen molar-refractivity contribution in [3.63, 3.8) is 0 Å². The normalized spacial score (nSPS) is 11.1. The van der Waals surface area contributed by atoms with Gasteiger partial charge in [-0.2, -0.15) is 0 Å². The highest BCUT2D eigenvalue weighted by Gasteiger charge is 2.12. The van der Waals surface area contributed by atoms with Crippen LogP contribution in [0.25, 0.3) is 0 Å². The molecule has 0 radical (unpaired) electrons. The van der Waals surface area contributed by atoms with E-state index >= 15 is 0 Å². The standard InChI is InChI=1S/C15H18N2O3S/c1-12-6-2-4-8-14(12)17-21(18,19)11-10-20-15-9-5-3-7-13(15)16/h2-9,17H,10-11,16H2,1H3. The van der Waals surface area contributed by atoms with E-state index in [2.05, 4.69) is 4.72 Å². The first-order valence-corrected chi connectivity index (χ1v) is 8.16. The van der Waals surface area contributed by atoms with Crippen LogP contribution >= 0.6 is 0 Å². The summed E-state index contributed by atoms with van der Waals surface area (Å²) >= 11 is 0. The molecule has 0 atom stereocenters. The van der Waals surface area contributed by atoms with Crippen LogP contribution in [0.5, 0.6) is 5.75 Å². The molecule has 5 nitrogen and oxygen atoms in total. The second-order valence-electron chi connectivity index (χ2n) is 4.62. The summed E-state index contributed by atoms with van der Waals surface area (Å²) in [5, 5.41) is 0. The number of anilines is 2. The van der Waals surface area contributed by atoms with Gasteiger partial charge < -0.3 is 10.5 Å². The first kappa shape index (κ1) is 15.2. The summed E-state index contributed by atoms with van der Waals surface area (Å²) in [7, 11) is -3.46. The molecule has 21 heavy (non-hydrogen) atoms.